The molecule has 0 aliphatic rings. The lowest BCUT2D eigenvalue weighted by atomic mass is 10.2. The molecular weight excluding hydrogens is 358 g/mol. The number of rotatable bonds is 9. The number of amides is 1. The van der Waals surface area contributed by atoms with Crippen molar-refractivity contribution >= 4 is 33.0 Å². The topological polar surface area (TPSA) is 78.5 Å². The second-order valence-electron chi connectivity index (χ2n) is 5.47. The summed E-state index contributed by atoms with van der Waals surface area (Å²) >= 11 is 1.12. The Morgan fingerprint density at radius 3 is 2.60 bits per heavy atom. The molecule has 6 nitrogen and oxygen atoms in total. The largest absolute Gasteiger partial charge is 0.370 e. The van der Waals surface area contributed by atoms with Crippen molar-refractivity contribution in [3.8, 4) is 0 Å². The first-order valence-corrected chi connectivity index (χ1v) is 10.4. The average Bonchev–Trinajstić information content (AvgIpc) is 3.13. The molecule has 2 rings (SSSR count). The van der Waals surface area contributed by atoms with E-state index >= 15 is 0 Å². The first-order chi connectivity index (χ1) is 11.9. The van der Waals surface area contributed by atoms with E-state index in [4.69, 9.17) is 0 Å². The molecule has 0 atom stereocenters. The van der Waals surface area contributed by atoms with Crippen molar-refractivity contribution in [1.29, 1.82) is 0 Å². The molecule has 8 heteroatoms. The summed E-state index contributed by atoms with van der Waals surface area (Å²) in [6.45, 7) is 5.77. The second kappa shape index (κ2) is 8.98. The minimum Gasteiger partial charge on any atom is -0.370 e. The SMILES string of the molecule is CCN(CCNC(=O)CNS(=O)(=O)c1cccs1)c1ccccc1C. The first-order valence-electron chi connectivity index (χ1n) is 8.04. The normalized spacial score (nSPS) is 11.3. The number of nitrogens with one attached hydrogen (secondary N) is 2. The number of carbonyl (C=O) groups excluding carboxylic acids is 1. The van der Waals surface area contributed by atoms with Crippen molar-refractivity contribution in [2.24, 2.45) is 0 Å². The third kappa shape index (κ3) is 5.55. The predicted octanol–water partition coefficient (Wildman–Crippen LogP) is 1.98. The van der Waals surface area contributed by atoms with Crippen molar-refractivity contribution in [2.45, 2.75) is 18.1 Å². The minimum atomic E-state index is -3.61. The molecule has 25 heavy (non-hydrogen) atoms. The molecule has 0 saturated heterocycles. The fourth-order valence-corrected chi connectivity index (χ4v) is 4.43. The van der Waals surface area contributed by atoms with Crippen molar-refractivity contribution in [3.05, 3.63) is 47.3 Å². The van der Waals surface area contributed by atoms with Gasteiger partial charge in [-0.25, -0.2) is 13.1 Å². The number of benzene rings is 1. The monoisotopic (exact) mass is 381 g/mol. The van der Waals surface area contributed by atoms with Crippen LogP contribution in [0.3, 0.4) is 0 Å². The van der Waals surface area contributed by atoms with Crippen LogP contribution in [0, 0.1) is 6.92 Å². The van der Waals surface area contributed by atoms with Crippen LogP contribution in [-0.2, 0) is 14.8 Å². The van der Waals surface area contributed by atoms with E-state index in [1.54, 1.807) is 11.4 Å². The van der Waals surface area contributed by atoms with Crippen molar-refractivity contribution in [3.63, 3.8) is 0 Å². The number of likely N-dealkylation sites (N-methyl/N-ethyl adjacent to an activating group) is 1. The fraction of sp³-hybridized carbons (Fsp3) is 0.353. The van der Waals surface area contributed by atoms with Gasteiger partial charge in [0.25, 0.3) is 10.0 Å². The molecule has 2 N–H and O–H groups in total. The first kappa shape index (κ1) is 19.4. The number of sulfonamides is 1. The lowest BCUT2D eigenvalue weighted by molar-refractivity contribution is -0.119. The number of nitrogens with zero attached hydrogens (tertiary/aromatic N) is 1. The maximum absolute atomic E-state index is 12.0. The van der Waals surface area contributed by atoms with Gasteiger partial charge in [0, 0.05) is 25.3 Å². The van der Waals surface area contributed by atoms with Crippen LogP contribution in [0.25, 0.3) is 0 Å². The minimum absolute atomic E-state index is 0.206. The van der Waals surface area contributed by atoms with Crippen molar-refractivity contribution < 1.29 is 13.2 Å². The molecule has 0 unspecified atom stereocenters. The molecule has 136 valence electrons. The van der Waals surface area contributed by atoms with Crippen LogP contribution >= 0.6 is 11.3 Å². The fourth-order valence-electron chi connectivity index (χ4n) is 2.41. The number of hydrogen-bond donors (Lipinski definition) is 2. The Labute approximate surface area is 152 Å². The number of carbonyl (C=O) groups is 1. The van der Waals surface area contributed by atoms with Gasteiger partial charge in [-0.1, -0.05) is 24.3 Å². The highest BCUT2D eigenvalue weighted by Gasteiger charge is 2.16. The Kier molecular flexibility index (Phi) is 6.98. The van der Waals surface area contributed by atoms with Gasteiger partial charge in [0.05, 0.1) is 6.54 Å². The number of hydrogen-bond acceptors (Lipinski definition) is 5. The summed E-state index contributed by atoms with van der Waals surface area (Å²) < 4.78 is 26.4. The van der Waals surface area contributed by atoms with Gasteiger partial charge in [-0.2, -0.15) is 0 Å². The number of thiophene rings is 1. The van der Waals surface area contributed by atoms with Gasteiger partial charge in [-0.3, -0.25) is 4.79 Å². The van der Waals surface area contributed by atoms with E-state index in [-0.39, 0.29) is 16.7 Å². The Hall–Kier alpha value is -1.90. The molecule has 0 radical (unpaired) electrons. The summed E-state index contributed by atoms with van der Waals surface area (Å²) in [5.74, 6) is -0.346. The molecule has 1 heterocycles. The highest BCUT2D eigenvalue weighted by atomic mass is 32.2. The molecule has 0 saturated carbocycles. The summed E-state index contributed by atoms with van der Waals surface area (Å²) in [6, 6.07) is 11.2. The van der Waals surface area contributed by atoms with Crippen LogP contribution in [0.1, 0.15) is 12.5 Å². The smallest absolute Gasteiger partial charge is 0.250 e. The zero-order valence-electron chi connectivity index (χ0n) is 14.4. The van der Waals surface area contributed by atoms with E-state index in [2.05, 4.69) is 40.9 Å². The number of para-hydroxylation sites is 1. The van der Waals surface area contributed by atoms with Crippen LogP contribution in [-0.4, -0.2) is 40.5 Å². The van der Waals surface area contributed by atoms with Crippen LogP contribution < -0.4 is 14.9 Å². The van der Waals surface area contributed by atoms with Gasteiger partial charge in [0.1, 0.15) is 4.21 Å². The molecule has 1 aromatic carbocycles. The summed E-state index contributed by atoms with van der Waals surface area (Å²) in [5, 5.41) is 4.43. The highest BCUT2D eigenvalue weighted by molar-refractivity contribution is 7.91. The number of aryl methyl sites for hydroxylation is 1. The Bertz CT molecular complexity index is 789. The standard InChI is InChI=1S/C17H23N3O3S2/c1-3-20(15-8-5-4-7-14(15)2)11-10-18-16(21)13-19-25(22,23)17-9-6-12-24-17/h4-9,12,19H,3,10-11,13H2,1-2H3,(H,18,21). The summed E-state index contributed by atoms with van der Waals surface area (Å²) in [5.41, 5.74) is 2.32. The Balaban J connectivity index is 1.79. The van der Waals surface area contributed by atoms with Gasteiger partial charge in [-0.05, 0) is 36.9 Å². The molecule has 0 spiro atoms. The summed E-state index contributed by atoms with van der Waals surface area (Å²) in [7, 11) is -3.61. The quantitative estimate of drug-likeness (QED) is 0.696. The summed E-state index contributed by atoms with van der Waals surface area (Å²) in [4.78, 5) is 14.1. The van der Waals surface area contributed by atoms with E-state index in [0.29, 0.717) is 13.1 Å². The van der Waals surface area contributed by atoms with Crippen LogP contribution in [0.4, 0.5) is 5.69 Å². The molecule has 0 bridgehead atoms. The zero-order valence-corrected chi connectivity index (χ0v) is 16.0. The van der Waals surface area contributed by atoms with Crippen LogP contribution in [0.5, 0.6) is 0 Å². The predicted molar refractivity (Wildman–Crippen MR) is 102 cm³/mol. The van der Waals surface area contributed by atoms with E-state index in [1.165, 1.54) is 11.6 Å². The third-order valence-electron chi connectivity index (χ3n) is 3.72. The van der Waals surface area contributed by atoms with Gasteiger partial charge < -0.3 is 10.2 Å². The van der Waals surface area contributed by atoms with Crippen LogP contribution in [0.15, 0.2) is 46.0 Å². The molecule has 1 amide bonds. The maximum Gasteiger partial charge on any atom is 0.250 e. The molecule has 0 aliphatic carbocycles. The van der Waals surface area contributed by atoms with E-state index in [0.717, 1.165) is 23.6 Å². The zero-order chi connectivity index (χ0) is 18.3. The van der Waals surface area contributed by atoms with Crippen molar-refractivity contribution in [2.75, 3.05) is 31.1 Å². The third-order valence-corrected chi connectivity index (χ3v) is 6.52. The second-order valence-corrected chi connectivity index (χ2v) is 8.41. The Morgan fingerprint density at radius 2 is 1.96 bits per heavy atom. The lowest BCUT2D eigenvalue weighted by Gasteiger charge is -2.25. The average molecular weight is 382 g/mol. The van der Waals surface area contributed by atoms with Gasteiger partial charge in [0.15, 0.2) is 0 Å². The van der Waals surface area contributed by atoms with Gasteiger partial charge in [0.2, 0.25) is 5.91 Å². The molecule has 0 fully saturated rings. The molecule has 0 aliphatic heterocycles. The number of anilines is 1. The molecular formula is C17H23N3O3S2. The maximum atomic E-state index is 12.0. The van der Waals surface area contributed by atoms with Crippen molar-refractivity contribution in [1.82, 2.24) is 10.0 Å². The van der Waals surface area contributed by atoms with Gasteiger partial charge in [-0.15, -0.1) is 11.3 Å². The van der Waals surface area contributed by atoms with Gasteiger partial charge >= 0.3 is 0 Å². The lowest BCUT2D eigenvalue weighted by Crippen LogP contribution is -2.40. The summed E-state index contributed by atoms with van der Waals surface area (Å²) in [6.07, 6.45) is 0. The van der Waals surface area contributed by atoms with E-state index in [1.807, 2.05) is 12.1 Å². The molecule has 2 aromatic rings. The van der Waals surface area contributed by atoms with E-state index in [9.17, 15) is 13.2 Å². The van der Waals surface area contributed by atoms with Crippen LogP contribution in [0.2, 0.25) is 0 Å². The molecule has 1 aromatic heterocycles. The van der Waals surface area contributed by atoms with E-state index < -0.39 is 10.0 Å². The highest BCUT2D eigenvalue weighted by Crippen LogP contribution is 2.18. The Morgan fingerprint density at radius 1 is 1.20 bits per heavy atom.